The Kier molecular flexibility index (Phi) is 3.98. The number of ether oxygens (including phenoxy) is 1. The van der Waals surface area contributed by atoms with Crippen LogP contribution in [-0.2, 0) is 11.3 Å². The van der Waals surface area contributed by atoms with Crippen LogP contribution in [0, 0.1) is 0 Å². The molecule has 1 saturated heterocycles. The van der Waals surface area contributed by atoms with Gasteiger partial charge < -0.3 is 15.0 Å². The first-order chi connectivity index (χ1) is 8.25. The molecule has 1 amide bonds. The van der Waals surface area contributed by atoms with Gasteiger partial charge in [0.15, 0.2) is 0 Å². The SMILES string of the molecule is C[C@@H]1CN(C(=O)OCc2ccccc2)CCN1. The first kappa shape index (κ1) is 11.9. The van der Waals surface area contributed by atoms with Gasteiger partial charge in [0.25, 0.3) is 0 Å². The zero-order valence-electron chi connectivity index (χ0n) is 10.1. The van der Waals surface area contributed by atoms with Gasteiger partial charge in [-0.1, -0.05) is 30.3 Å². The number of benzene rings is 1. The molecule has 1 N–H and O–H groups in total. The average molecular weight is 234 g/mol. The van der Waals surface area contributed by atoms with Gasteiger partial charge in [-0.15, -0.1) is 0 Å². The molecule has 1 aliphatic rings. The highest BCUT2D eigenvalue weighted by Gasteiger charge is 2.21. The second kappa shape index (κ2) is 5.68. The lowest BCUT2D eigenvalue weighted by atomic mass is 10.2. The molecule has 17 heavy (non-hydrogen) atoms. The standard InChI is InChI=1S/C13H18N2O2/c1-11-9-15(8-7-14-11)13(16)17-10-12-5-3-2-4-6-12/h2-6,11,14H,7-10H2,1H3/t11-/m1/s1. The molecule has 0 aromatic heterocycles. The molecule has 1 heterocycles. The van der Waals surface area contributed by atoms with Crippen LogP contribution in [0.5, 0.6) is 0 Å². The van der Waals surface area contributed by atoms with E-state index in [2.05, 4.69) is 12.2 Å². The lowest BCUT2D eigenvalue weighted by Gasteiger charge is -2.31. The number of amides is 1. The zero-order valence-corrected chi connectivity index (χ0v) is 10.1. The summed E-state index contributed by atoms with van der Waals surface area (Å²) >= 11 is 0. The van der Waals surface area contributed by atoms with E-state index in [4.69, 9.17) is 4.74 Å². The average Bonchev–Trinajstić information content (AvgIpc) is 2.37. The molecule has 92 valence electrons. The molecule has 1 aromatic carbocycles. The van der Waals surface area contributed by atoms with Crippen LogP contribution in [0.4, 0.5) is 4.79 Å². The number of piperazine rings is 1. The normalized spacial score (nSPS) is 20.1. The smallest absolute Gasteiger partial charge is 0.410 e. The van der Waals surface area contributed by atoms with Crippen LogP contribution in [0.1, 0.15) is 12.5 Å². The second-order valence-corrected chi connectivity index (χ2v) is 4.34. The summed E-state index contributed by atoms with van der Waals surface area (Å²) in [5.74, 6) is 0. The first-order valence-corrected chi connectivity index (χ1v) is 5.95. The third kappa shape index (κ3) is 3.46. The van der Waals surface area contributed by atoms with Crippen LogP contribution >= 0.6 is 0 Å². The Labute approximate surface area is 102 Å². The predicted octanol–water partition coefficient (Wildman–Crippen LogP) is 1.62. The Bertz CT molecular complexity index is 367. The van der Waals surface area contributed by atoms with Crippen LogP contribution in [0.2, 0.25) is 0 Å². The molecule has 4 heteroatoms. The molecule has 2 rings (SSSR count). The minimum Gasteiger partial charge on any atom is -0.445 e. The fourth-order valence-corrected chi connectivity index (χ4v) is 1.91. The molecule has 4 nitrogen and oxygen atoms in total. The van der Waals surface area contributed by atoms with Gasteiger partial charge in [-0.2, -0.15) is 0 Å². The van der Waals surface area contributed by atoms with E-state index in [1.165, 1.54) is 0 Å². The fraction of sp³-hybridized carbons (Fsp3) is 0.462. The molecule has 0 unspecified atom stereocenters. The number of rotatable bonds is 2. The monoisotopic (exact) mass is 234 g/mol. The van der Waals surface area contributed by atoms with Crippen LogP contribution in [0.3, 0.4) is 0 Å². The van der Waals surface area contributed by atoms with E-state index < -0.39 is 0 Å². The molecular weight excluding hydrogens is 216 g/mol. The lowest BCUT2D eigenvalue weighted by Crippen LogP contribution is -2.51. The van der Waals surface area contributed by atoms with Gasteiger partial charge in [0.2, 0.25) is 0 Å². The molecular formula is C13H18N2O2. The van der Waals surface area contributed by atoms with Crippen LogP contribution in [0.15, 0.2) is 30.3 Å². The van der Waals surface area contributed by atoms with Crippen LogP contribution in [0.25, 0.3) is 0 Å². The van der Waals surface area contributed by atoms with E-state index >= 15 is 0 Å². The summed E-state index contributed by atoms with van der Waals surface area (Å²) in [6.07, 6.45) is -0.220. The third-order valence-electron chi connectivity index (χ3n) is 2.83. The Hall–Kier alpha value is -1.55. The molecule has 0 bridgehead atoms. The maximum Gasteiger partial charge on any atom is 0.410 e. The molecule has 0 saturated carbocycles. The van der Waals surface area contributed by atoms with Crippen molar-refractivity contribution < 1.29 is 9.53 Å². The molecule has 1 aliphatic heterocycles. The Morgan fingerprint density at radius 3 is 2.94 bits per heavy atom. The zero-order chi connectivity index (χ0) is 12.1. The number of carbonyl (C=O) groups excluding carboxylic acids is 1. The molecule has 0 spiro atoms. The van der Waals surface area contributed by atoms with Gasteiger partial charge in [0.1, 0.15) is 6.61 Å². The number of carbonyl (C=O) groups is 1. The second-order valence-electron chi connectivity index (χ2n) is 4.34. The molecule has 0 radical (unpaired) electrons. The molecule has 1 fully saturated rings. The topological polar surface area (TPSA) is 41.6 Å². The quantitative estimate of drug-likeness (QED) is 0.845. The highest BCUT2D eigenvalue weighted by Crippen LogP contribution is 2.05. The summed E-state index contributed by atoms with van der Waals surface area (Å²) in [5, 5.41) is 3.29. The highest BCUT2D eigenvalue weighted by molar-refractivity contribution is 5.67. The van der Waals surface area contributed by atoms with Crippen molar-refractivity contribution in [1.82, 2.24) is 10.2 Å². The number of nitrogens with one attached hydrogen (secondary N) is 1. The molecule has 1 aromatic rings. The highest BCUT2D eigenvalue weighted by atomic mass is 16.6. The van der Waals surface area contributed by atoms with Crippen molar-refractivity contribution in [3.8, 4) is 0 Å². The van der Waals surface area contributed by atoms with E-state index in [-0.39, 0.29) is 6.09 Å². The fourth-order valence-electron chi connectivity index (χ4n) is 1.91. The van der Waals surface area contributed by atoms with Gasteiger partial charge in [0.05, 0.1) is 0 Å². The largest absolute Gasteiger partial charge is 0.445 e. The van der Waals surface area contributed by atoms with Gasteiger partial charge in [-0.05, 0) is 12.5 Å². The number of nitrogens with zero attached hydrogens (tertiary/aromatic N) is 1. The van der Waals surface area contributed by atoms with Crippen molar-refractivity contribution in [2.45, 2.75) is 19.6 Å². The van der Waals surface area contributed by atoms with Crippen molar-refractivity contribution in [2.24, 2.45) is 0 Å². The number of hydrogen-bond donors (Lipinski definition) is 1. The van der Waals surface area contributed by atoms with Crippen molar-refractivity contribution in [3.05, 3.63) is 35.9 Å². The summed E-state index contributed by atoms with van der Waals surface area (Å²) in [6, 6.07) is 10.1. The van der Waals surface area contributed by atoms with Gasteiger partial charge in [-0.3, -0.25) is 0 Å². The predicted molar refractivity (Wildman–Crippen MR) is 65.7 cm³/mol. The Morgan fingerprint density at radius 2 is 2.24 bits per heavy atom. The summed E-state index contributed by atoms with van der Waals surface area (Å²) < 4.78 is 5.28. The molecule has 0 aliphatic carbocycles. The van der Waals surface area contributed by atoms with E-state index in [0.29, 0.717) is 19.2 Å². The van der Waals surface area contributed by atoms with E-state index in [1.54, 1.807) is 4.90 Å². The number of hydrogen-bond acceptors (Lipinski definition) is 3. The van der Waals surface area contributed by atoms with Crippen molar-refractivity contribution in [2.75, 3.05) is 19.6 Å². The Balaban J connectivity index is 1.81. The summed E-state index contributed by atoms with van der Waals surface area (Å²) in [6.45, 7) is 4.68. The minimum atomic E-state index is -0.220. The third-order valence-corrected chi connectivity index (χ3v) is 2.83. The van der Waals surface area contributed by atoms with E-state index in [1.807, 2.05) is 30.3 Å². The first-order valence-electron chi connectivity index (χ1n) is 5.95. The van der Waals surface area contributed by atoms with Crippen LogP contribution < -0.4 is 5.32 Å². The van der Waals surface area contributed by atoms with Gasteiger partial charge in [0, 0.05) is 25.7 Å². The molecule has 1 atom stereocenters. The van der Waals surface area contributed by atoms with Crippen molar-refractivity contribution in [1.29, 1.82) is 0 Å². The maximum absolute atomic E-state index is 11.8. The Morgan fingerprint density at radius 1 is 1.47 bits per heavy atom. The van der Waals surface area contributed by atoms with Crippen molar-refractivity contribution in [3.63, 3.8) is 0 Å². The maximum atomic E-state index is 11.8. The van der Waals surface area contributed by atoms with Gasteiger partial charge >= 0.3 is 6.09 Å². The minimum absolute atomic E-state index is 0.220. The lowest BCUT2D eigenvalue weighted by molar-refractivity contribution is 0.0862. The van der Waals surface area contributed by atoms with Crippen LogP contribution in [-0.4, -0.2) is 36.7 Å². The summed E-state index contributed by atoms with van der Waals surface area (Å²) in [5.41, 5.74) is 1.02. The van der Waals surface area contributed by atoms with Crippen molar-refractivity contribution >= 4 is 6.09 Å². The van der Waals surface area contributed by atoms with E-state index in [0.717, 1.165) is 18.7 Å². The van der Waals surface area contributed by atoms with E-state index in [9.17, 15) is 4.79 Å². The van der Waals surface area contributed by atoms with Gasteiger partial charge in [-0.25, -0.2) is 4.79 Å². The summed E-state index contributed by atoms with van der Waals surface area (Å²) in [7, 11) is 0. The summed E-state index contributed by atoms with van der Waals surface area (Å²) in [4.78, 5) is 13.5.